The lowest BCUT2D eigenvalue weighted by molar-refractivity contribution is -0.237. The first-order valence-electron chi connectivity index (χ1n) is 6.48. The lowest BCUT2D eigenvalue weighted by Crippen LogP contribution is -2.48. The smallest absolute Gasteiger partial charge is 0.395 e. The molecule has 5 nitrogen and oxygen atoms in total. The van der Waals surface area contributed by atoms with Crippen molar-refractivity contribution in [1.29, 1.82) is 0 Å². The summed E-state index contributed by atoms with van der Waals surface area (Å²) in [5.74, 6) is -4.54. The summed E-state index contributed by atoms with van der Waals surface area (Å²) in [6.45, 7) is 3.02. The fourth-order valence-corrected chi connectivity index (χ4v) is 1.53. The van der Waals surface area contributed by atoms with Crippen molar-refractivity contribution in [2.45, 2.75) is 33.4 Å². The van der Waals surface area contributed by atoms with Crippen LogP contribution in [0, 0.1) is 11.3 Å². The van der Waals surface area contributed by atoms with E-state index >= 15 is 0 Å². The molecule has 0 rings (SSSR count). The molecule has 21 heavy (non-hydrogen) atoms. The quantitative estimate of drug-likeness (QED) is 0.391. The van der Waals surface area contributed by atoms with Crippen molar-refractivity contribution in [3.05, 3.63) is 0 Å². The molecule has 8 heteroatoms. The largest absolute Gasteiger partial charge is 0.465 e. The summed E-state index contributed by atoms with van der Waals surface area (Å²) in [6, 6.07) is 0. The molecule has 0 aromatic rings. The average molecular weight is 314 g/mol. The Morgan fingerprint density at radius 2 is 1.57 bits per heavy atom. The highest BCUT2D eigenvalue weighted by atomic mass is 19.4. The molecular formula is C13H21F3O5. The number of hydrogen-bond acceptors (Lipinski definition) is 5. The Kier molecular flexibility index (Phi) is 7.70. The van der Waals surface area contributed by atoms with Crippen LogP contribution in [0.2, 0.25) is 0 Å². The maximum atomic E-state index is 13.1. The average Bonchev–Trinajstić information content (AvgIpc) is 2.33. The molecule has 0 aliphatic rings. The predicted molar refractivity (Wildman–Crippen MR) is 67.4 cm³/mol. The van der Waals surface area contributed by atoms with Crippen LogP contribution in [0.15, 0.2) is 0 Å². The first kappa shape index (κ1) is 19.7. The van der Waals surface area contributed by atoms with E-state index < -0.39 is 29.4 Å². The van der Waals surface area contributed by atoms with E-state index in [2.05, 4.69) is 4.74 Å². The molecule has 0 N–H and O–H groups in total. The minimum atomic E-state index is -4.75. The van der Waals surface area contributed by atoms with Crippen LogP contribution in [0.5, 0.6) is 0 Å². The Labute approximate surface area is 121 Å². The number of alkyl halides is 3. The molecule has 0 radical (unpaired) electrons. The number of carbonyl (C=O) groups is 2. The Bertz CT molecular complexity index is 352. The number of hydrogen-bond donors (Lipinski definition) is 0. The highest BCUT2D eigenvalue weighted by Gasteiger charge is 2.59. The van der Waals surface area contributed by atoms with Gasteiger partial charge in [-0.3, -0.25) is 9.59 Å². The van der Waals surface area contributed by atoms with E-state index in [0.717, 1.165) is 13.8 Å². The summed E-state index contributed by atoms with van der Waals surface area (Å²) in [5, 5.41) is 0. The van der Waals surface area contributed by atoms with Gasteiger partial charge in [0.25, 0.3) is 0 Å². The van der Waals surface area contributed by atoms with Crippen molar-refractivity contribution in [1.82, 2.24) is 0 Å². The lowest BCUT2D eigenvalue weighted by atomic mass is 9.78. The maximum Gasteiger partial charge on any atom is 0.395 e. The van der Waals surface area contributed by atoms with Crippen LogP contribution in [-0.2, 0) is 23.8 Å². The van der Waals surface area contributed by atoms with E-state index in [0.29, 0.717) is 13.0 Å². The zero-order chi connectivity index (χ0) is 16.7. The van der Waals surface area contributed by atoms with Gasteiger partial charge < -0.3 is 14.2 Å². The second-order valence-corrected chi connectivity index (χ2v) is 4.92. The fraction of sp³-hybridized carbons (Fsp3) is 0.846. The van der Waals surface area contributed by atoms with Crippen LogP contribution in [0.25, 0.3) is 0 Å². The van der Waals surface area contributed by atoms with Crippen molar-refractivity contribution < 1.29 is 37.0 Å². The van der Waals surface area contributed by atoms with Gasteiger partial charge in [-0.05, 0) is 20.8 Å². The zero-order valence-corrected chi connectivity index (χ0v) is 12.6. The molecule has 0 aliphatic carbocycles. The number of carbonyl (C=O) groups excluding carboxylic acids is 2. The van der Waals surface area contributed by atoms with Crippen molar-refractivity contribution in [2.24, 2.45) is 11.3 Å². The fourth-order valence-electron chi connectivity index (χ4n) is 1.53. The number of methoxy groups -OCH3 is 1. The molecule has 0 aliphatic heterocycles. The van der Waals surface area contributed by atoms with Crippen LogP contribution in [0.1, 0.15) is 27.2 Å². The third-order valence-electron chi connectivity index (χ3n) is 2.95. The van der Waals surface area contributed by atoms with Gasteiger partial charge in [-0.15, -0.1) is 0 Å². The summed E-state index contributed by atoms with van der Waals surface area (Å²) >= 11 is 0. The van der Waals surface area contributed by atoms with E-state index in [1.54, 1.807) is 0 Å². The number of rotatable bonds is 8. The van der Waals surface area contributed by atoms with Gasteiger partial charge >= 0.3 is 18.1 Å². The molecule has 0 fully saturated rings. The lowest BCUT2D eigenvalue weighted by Gasteiger charge is -2.32. The van der Waals surface area contributed by atoms with E-state index in [4.69, 9.17) is 9.47 Å². The highest BCUT2D eigenvalue weighted by molar-refractivity contribution is 5.96. The summed E-state index contributed by atoms with van der Waals surface area (Å²) in [7, 11) is 1.44. The van der Waals surface area contributed by atoms with Gasteiger partial charge in [0.15, 0.2) is 5.92 Å². The molecule has 124 valence electrons. The van der Waals surface area contributed by atoms with Gasteiger partial charge in [-0.1, -0.05) is 0 Å². The Morgan fingerprint density at radius 3 is 2.00 bits per heavy atom. The van der Waals surface area contributed by atoms with Gasteiger partial charge in [-0.25, -0.2) is 0 Å². The molecule has 1 unspecified atom stereocenters. The molecule has 1 atom stereocenters. The van der Waals surface area contributed by atoms with Crippen LogP contribution in [0.3, 0.4) is 0 Å². The monoisotopic (exact) mass is 314 g/mol. The highest BCUT2D eigenvalue weighted by Crippen LogP contribution is 2.44. The summed E-state index contributed by atoms with van der Waals surface area (Å²) in [4.78, 5) is 23.6. The maximum absolute atomic E-state index is 13.1. The van der Waals surface area contributed by atoms with Crippen molar-refractivity contribution in [2.75, 3.05) is 26.9 Å². The standard InChI is InChI=1S/C13H21F3O5/c1-5-20-10(17)9(12(2,3)13(14,15)16)11(18)21-8-6-7-19-4/h9H,5-8H2,1-4H3. The van der Waals surface area contributed by atoms with Crippen LogP contribution >= 0.6 is 0 Å². The summed E-state index contributed by atoms with van der Waals surface area (Å²) in [5.41, 5.74) is -2.59. The van der Waals surface area contributed by atoms with Gasteiger partial charge in [0.1, 0.15) is 0 Å². The zero-order valence-electron chi connectivity index (χ0n) is 12.6. The molecule has 0 heterocycles. The third kappa shape index (κ3) is 5.53. The van der Waals surface area contributed by atoms with Crippen LogP contribution in [0.4, 0.5) is 13.2 Å². The van der Waals surface area contributed by atoms with Crippen LogP contribution in [-0.4, -0.2) is 45.0 Å². The Hall–Kier alpha value is -1.31. The molecule has 0 saturated heterocycles. The van der Waals surface area contributed by atoms with E-state index in [1.165, 1.54) is 14.0 Å². The van der Waals surface area contributed by atoms with Gasteiger partial charge in [0.05, 0.1) is 18.6 Å². The first-order chi connectivity index (χ1) is 9.59. The molecule has 0 saturated carbocycles. The van der Waals surface area contributed by atoms with Crippen molar-refractivity contribution in [3.63, 3.8) is 0 Å². The Balaban J connectivity index is 5.07. The third-order valence-corrected chi connectivity index (χ3v) is 2.95. The van der Waals surface area contributed by atoms with E-state index in [1.807, 2.05) is 0 Å². The van der Waals surface area contributed by atoms with Gasteiger partial charge in [0.2, 0.25) is 0 Å². The Morgan fingerprint density at radius 1 is 1.05 bits per heavy atom. The minimum Gasteiger partial charge on any atom is -0.465 e. The molecule has 0 aromatic carbocycles. The van der Waals surface area contributed by atoms with Gasteiger partial charge in [-0.2, -0.15) is 13.2 Å². The molecule has 0 aromatic heterocycles. The number of halogens is 3. The predicted octanol–water partition coefficient (Wildman–Crippen LogP) is 2.33. The van der Waals surface area contributed by atoms with Crippen molar-refractivity contribution >= 4 is 11.9 Å². The first-order valence-corrected chi connectivity index (χ1v) is 6.48. The van der Waals surface area contributed by atoms with E-state index in [9.17, 15) is 22.8 Å². The normalized spacial score (nSPS) is 13.7. The number of ether oxygens (including phenoxy) is 3. The van der Waals surface area contributed by atoms with E-state index in [-0.39, 0.29) is 13.2 Å². The van der Waals surface area contributed by atoms with Crippen LogP contribution < -0.4 is 0 Å². The topological polar surface area (TPSA) is 61.8 Å². The molecule has 0 spiro atoms. The summed E-state index contributed by atoms with van der Waals surface area (Å²) < 4.78 is 53.2. The number of esters is 2. The van der Waals surface area contributed by atoms with Gasteiger partial charge in [0, 0.05) is 20.1 Å². The minimum absolute atomic E-state index is 0.125. The molecule has 0 amide bonds. The second-order valence-electron chi connectivity index (χ2n) is 4.92. The molecule has 0 bridgehead atoms. The van der Waals surface area contributed by atoms with Crippen molar-refractivity contribution in [3.8, 4) is 0 Å². The molecular weight excluding hydrogens is 293 g/mol. The summed E-state index contributed by atoms with van der Waals surface area (Å²) in [6.07, 6.45) is -4.43. The SMILES string of the molecule is CCOC(=O)C(C(=O)OCCCOC)C(C)(C)C(F)(F)F. The second kappa shape index (κ2) is 8.21.